The van der Waals surface area contributed by atoms with Crippen molar-refractivity contribution in [3.8, 4) is 23.1 Å². The highest BCUT2D eigenvalue weighted by Crippen LogP contribution is 2.32. The standard InChI is InChI=1S/C24H15ClIN3O4/c1-32-20-9-13(8-17(26)22(20)30)12-27-29-23(28-18-5-3-2-4-16(18)24(29)31)21-11-14-10-15(25)6-7-19(14)33-21/h2-12,30H,1H3. The molecule has 164 valence electrons. The number of nitrogens with zero attached hydrogens (tertiary/aromatic N) is 3. The molecule has 0 bridgehead atoms. The van der Waals surface area contributed by atoms with Gasteiger partial charge in [0.2, 0.25) is 5.82 Å². The van der Waals surface area contributed by atoms with Gasteiger partial charge >= 0.3 is 0 Å². The molecule has 2 aromatic heterocycles. The summed E-state index contributed by atoms with van der Waals surface area (Å²) in [5.41, 5.74) is 1.44. The van der Waals surface area contributed by atoms with Crippen molar-refractivity contribution in [1.82, 2.24) is 9.66 Å². The van der Waals surface area contributed by atoms with Gasteiger partial charge in [0.25, 0.3) is 5.56 Å². The van der Waals surface area contributed by atoms with E-state index in [9.17, 15) is 9.90 Å². The van der Waals surface area contributed by atoms with Crippen LogP contribution in [0.3, 0.4) is 0 Å². The molecule has 0 radical (unpaired) electrons. The minimum atomic E-state index is -0.342. The van der Waals surface area contributed by atoms with Gasteiger partial charge in [-0.1, -0.05) is 23.7 Å². The Balaban J connectivity index is 1.72. The van der Waals surface area contributed by atoms with Crippen LogP contribution in [0.2, 0.25) is 5.02 Å². The summed E-state index contributed by atoms with van der Waals surface area (Å²) in [6.07, 6.45) is 1.50. The van der Waals surface area contributed by atoms with Gasteiger partial charge in [-0.25, -0.2) is 4.98 Å². The van der Waals surface area contributed by atoms with Crippen molar-refractivity contribution >= 4 is 62.3 Å². The smallest absolute Gasteiger partial charge is 0.282 e. The summed E-state index contributed by atoms with van der Waals surface area (Å²) < 4.78 is 13.0. The number of hydrogen-bond acceptors (Lipinski definition) is 6. The van der Waals surface area contributed by atoms with Crippen LogP contribution in [0.5, 0.6) is 11.5 Å². The summed E-state index contributed by atoms with van der Waals surface area (Å²) in [6, 6.07) is 17.5. The van der Waals surface area contributed by atoms with Gasteiger partial charge in [-0.2, -0.15) is 9.78 Å². The Morgan fingerprint density at radius 3 is 2.82 bits per heavy atom. The van der Waals surface area contributed by atoms with Crippen LogP contribution in [0.4, 0.5) is 0 Å². The fourth-order valence-electron chi connectivity index (χ4n) is 3.46. The van der Waals surface area contributed by atoms with Crippen LogP contribution >= 0.6 is 34.2 Å². The number of aromatic nitrogens is 2. The third-order valence-corrected chi connectivity index (χ3v) is 6.10. The average Bonchev–Trinajstić information content (AvgIpc) is 3.23. The molecule has 0 unspecified atom stereocenters. The maximum atomic E-state index is 13.3. The number of phenolic OH excluding ortho intramolecular Hbond substituents is 1. The van der Waals surface area contributed by atoms with Crippen molar-refractivity contribution in [2.45, 2.75) is 0 Å². The lowest BCUT2D eigenvalue weighted by Crippen LogP contribution is -2.20. The minimum Gasteiger partial charge on any atom is -0.504 e. The number of ether oxygens (including phenoxy) is 1. The zero-order valence-electron chi connectivity index (χ0n) is 17.1. The summed E-state index contributed by atoms with van der Waals surface area (Å²) in [6.45, 7) is 0. The van der Waals surface area contributed by atoms with Gasteiger partial charge in [0, 0.05) is 10.4 Å². The maximum Gasteiger partial charge on any atom is 0.282 e. The predicted molar refractivity (Wildman–Crippen MR) is 137 cm³/mol. The summed E-state index contributed by atoms with van der Waals surface area (Å²) >= 11 is 8.11. The molecular weight excluding hydrogens is 557 g/mol. The summed E-state index contributed by atoms with van der Waals surface area (Å²) in [5, 5.41) is 16.3. The topological polar surface area (TPSA) is 89.9 Å². The number of phenols is 1. The highest BCUT2D eigenvalue weighted by atomic mass is 127. The molecule has 0 atom stereocenters. The number of furan rings is 1. The lowest BCUT2D eigenvalue weighted by atomic mass is 10.2. The molecule has 0 aliphatic heterocycles. The van der Waals surface area contributed by atoms with Gasteiger partial charge in [-0.15, -0.1) is 0 Å². The average molecular weight is 572 g/mol. The number of hydrogen-bond donors (Lipinski definition) is 1. The van der Waals surface area contributed by atoms with Crippen molar-refractivity contribution < 1.29 is 14.3 Å². The van der Waals surface area contributed by atoms with Crippen molar-refractivity contribution in [1.29, 1.82) is 0 Å². The monoisotopic (exact) mass is 571 g/mol. The molecule has 0 saturated heterocycles. The summed E-state index contributed by atoms with van der Waals surface area (Å²) in [5.74, 6) is 0.982. The van der Waals surface area contributed by atoms with Gasteiger partial charge in [0.05, 0.1) is 27.8 Å². The predicted octanol–water partition coefficient (Wildman–Crippen LogP) is 5.66. The normalized spacial score (nSPS) is 11.6. The van der Waals surface area contributed by atoms with Crippen LogP contribution < -0.4 is 10.3 Å². The molecule has 0 spiro atoms. The van der Waals surface area contributed by atoms with Crippen LogP contribution in [0.25, 0.3) is 33.5 Å². The molecule has 5 aromatic rings. The number of benzene rings is 3. The van der Waals surface area contributed by atoms with E-state index >= 15 is 0 Å². The fraction of sp³-hybridized carbons (Fsp3) is 0.0417. The van der Waals surface area contributed by atoms with E-state index in [1.165, 1.54) is 18.0 Å². The minimum absolute atomic E-state index is 0.0430. The van der Waals surface area contributed by atoms with Crippen molar-refractivity contribution in [2.24, 2.45) is 5.10 Å². The highest BCUT2D eigenvalue weighted by molar-refractivity contribution is 14.1. The molecule has 9 heteroatoms. The van der Waals surface area contributed by atoms with E-state index in [1.807, 2.05) is 28.7 Å². The molecule has 5 rings (SSSR count). The third-order valence-electron chi connectivity index (χ3n) is 5.05. The van der Waals surface area contributed by atoms with Crippen LogP contribution in [0.1, 0.15) is 5.56 Å². The number of rotatable bonds is 4. The Bertz CT molecular complexity index is 1620. The first-order valence-corrected chi connectivity index (χ1v) is 11.2. The molecule has 3 aromatic carbocycles. The van der Waals surface area contributed by atoms with E-state index in [1.54, 1.807) is 54.6 Å². The second-order valence-corrected chi connectivity index (χ2v) is 8.76. The molecule has 1 N–H and O–H groups in total. The molecule has 7 nitrogen and oxygen atoms in total. The zero-order valence-corrected chi connectivity index (χ0v) is 20.0. The maximum absolute atomic E-state index is 13.3. The van der Waals surface area contributed by atoms with Crippen molar-refractivity contribution in [3.05, 3.63) is 85.2 Å². The number of methoxy groups -OCH3 is 1. The molecule has 0 saturated carbocycles. The lowest BCUT2D eigenvalue weighted by Gasteiger charge is -2.08. The Hall–Kier alpha value is -3.37. The molecular formula is C24H15ClIN3O4. The van der Waals surface area contributed by atoms with E-state index in [2.05, 4.69) is 10.1 Å². The van der Waals surface area contributed by atoms with Crippen LogP contribution in [0, 0.1) is 3.57 Å². The fourth-order valence-corrected chi connectivity index (χ4v) is 4.27. The Kier molecular flexibility index (Phi) is 5.55. The Labute approximate surface area is 206 Å². The highest BCUT2D eigenvalue weighted by Gasteiger charge is 2.17. The number of aromatic hydroxyl groups is 1. The van der Waals surface area contributed by atoms with Crippen LogP contribution in [-0.2, 0) is 0 Å². The zero-order chi connectivity index (χ0) is 23.1. The van der Waals surface area contributed by atoms with E-state index in [0.29, 0.717) is 42.2 Å². The van der Waals surface area contributed by atoms with Gasteiger partial charge in [-0.3, -0.25) is 4.79 Å². The second kappa shape index (κ2) is 8.53. The van der Waals surface area contributed by atoms with Gasteiger partial charge in [0.15, 0.2) is 17.3 Å². The molecule has 2 heterocycles. The molecule has 0 aliphatic rings. The second-order valence-electron chi connectivity index (χ2n) is 7.16. The van der Waals surface area contributed by atoms with E-state index < -0.39 is 0 Å². The van der Waals surface area contributed by atoms with Gasteiger partial charge in [0.1, 0.15) is 5.58 Å². The molecule has 0 fully saturated rings. The van der Waals surface area contributed by atoms with E-state index in [0.717, 1.165) is 5.39 Å². The number of fused-ring (bicyclic) bond motifs is 2. The van der Waals surface area contributed by atoms with Crippen LogP contribution in [0.15, 0.2) is 75.0 Å². The molecule has 33 heavy (non-hydrogen) atoms. The SMILES string of the molecule is COc1cc(C=Nn2c(-c3cc4cc(Cl)ccc4o3)nc3ccccc3c2=O)cc(I)c1O. The van der Waals surface area contributed by atoms with E-state index in [-0.39, 0.29) is 17.1 Å². The quantitative estimate of drug-likeness (QED) is 0.222. The number of para-hydroxylation sites is 1. The summed E-state index contributed by atoms with van der Waals surface area (Å²) in [4.78, 5) is 18.0. The third kappa shape index (κ3) is 3.96. The first-order valence-electron chi connectivity index (χ1n) is 9.77. The van der Waals surface area contributed by atoms with E-state index in [4.69, 9.17) is 20.8 Å². The van der Waals surface area contributed by atoms with Crippen molar-refractivity contribution in [2.75, 3.05) is 7.11 Å². The Morgan fingerprint density at radius 1 is 1.18 bits per heavy atom. The summed E-state index contributed by atoms with van der Waals surface area (Å²) in [7, 11) is 1.47. The van der Waals surface area contributed by atoms with Gasteiger partial charge < -0.3 is 14.3 Å². The first kappa shape index (κ1) is 21.5. The van der Waals surface area contributed by atoms with Crippen molar-refractivity contribution in [3.63, 3.8) is 0 Å². The first-order chi connectivity index (χ1) is 15.9. The Morgan fingerprint density at radius 2 is 2.00 bits per heavy atom. The lowest BCUT2D eigenvalue weighted by molar-refractivity contribution is 0.371. The van der Waals surface area contributed by atoms with Crippen LogP contribution in [-0.4, -0.2) is 28.1 Å². The molecule has 0 aliphatic carbocycles. The largest absolute Gasteiger partial charge is 0.504 e. The van der Waals surface area contributed by atoms with Gasteiger partial charge in [-0.05, 0) is 76.7 Å². The molecule has 0 amide bonds. The number of halogens is 2.